The summed E-state index contributed by atoms with van der Waals surface area (Å²) in [7, 11) is 0. The van der Waals surface area contributed by atoms with Crippen LogP contribution in [-0.4, -0.2) is 23.2 Å². The molecule has 2 N–H and O–H groups in total. The minimum atomic E-state index is -0.433. The van der Waals surface area contributed by atoms with Crippen LogP contribution in [0.4, 0.5) is 0 Å². The molecule has 0 radical (unpaired) electrons. The van der Waals surface area contributed by atoms with E-state index in [2.05, 4.69) is 10.3 Å². The van der Waals surface area contributed by atoms with Crippen LogP contribution in [0.3, 0.4) is 0 Å². The van der Waals surface area contributed by atoms with Crippen molar-refractivity contribution < 1.29 is 9.59 Å². The summed E-state index contributed by atoms with van der Waals surface area (Å²) in [4.78, 5) is 40.5. The van der Waals surface area contributed by atoms with Crippen LogP contribution in [0.2, 0.25) is 0 Å². The molecule has 0 unspecified atom stereocenters. The second kappa shape index (κ2) is 6.50. The monoisotopic (exact) mass is 330 g/mol. The zero-order valence-corrected chi connectivity index (χ0v) is 13.7. The molecule has 1 amide bonds. The number of thiophene rings is 1. The average molecular weight is 330 g/mol. The Labute approximate surface area is 137 Å². The van der Waals surface area contributed by atoms with Crippen molar-refractivity contribution in [3.8, 4) is 0 Å². The van der Waals surface area contributed by atoms with Gasteiger partial charge in [0.05, 0.1) is 0 Å². The Bertz CT molecular complexity index is 793. The number of hydrogen-bond acceptors (Lipinski definition) is 4. The number of rotatable bonds is 4. The third-order valence-electron chi connectivity index (χ3n) is 4.03. The highest BCUT2D eigenvalue weighted by Gasteiger charge is 2.29. The van der Waals surface area contributed by atoms with Crippen molar-refractivity contribution >= 4 is 23.0 Å². The Kier molecular flexibility index (Phi) is 4.43. The highest BCUT2D eigenvalue weighted by molar-refractivity contribution is 7.10. The molecular formula is C17H18N2O3S. The predicted octanol–water partition coefficient (Wildman–Crippen LogP) is 2.49. The van der Waals surface area contributed by atoms with Gasteiger partial charge in [0.2, 0.25) is 0 Å². The van der Waals surface area contributed by atoms with E-state index in [9.17, 15) is 14.4 Å². The quantitative estimate of drug-likeness (QED) is 0.904. The third kappa shape index (κ3) is 3.12. The molecule has 1 atom stereocenters. The van der Waals surface area contributed by atoms with Crippen LogP contribution < -0.4 is 10.9 Å². The first-order valence-corrected chi connectivity index (χ1v) is 8.59. The Morgan fingerprint density at radius 3 is 2.91 bits per heavy atom. The van der Waals surface area contributed by atoms with E-state index in [0.29, 0.717) is 30.6 Å². The van der Waals surface area contributed by atoms with Crippen LogP contribution in [-0.2, 0) is 6.42 Å². The van der Waals surface area contributed by atoms with Crippen LogP contribution in [0.1, 0.15) is 57.0 Å². The van der Waals surface area contributed by atoms with Crippen LogP contribution in [0.5, 0.6) is 0 Å². The molecule has 5 nitrogen and oxygen atoms in total. The molecule has 2 aromatic heterocycles. The van der Waals surface area contributed by atoms with Crippen molar-refractivity contribution in [2.75, 3.05) is 6.54 Å². The number of hydrogen-bond donors (Lipinski definition) is 2. The number of carbonyl (C=O) groups is 2. The van der Waals surface area contributed by atoms with Crippen LogP contribution >= 0.6 is 11.3 Å². The molecule has 3 rings (SSSR count). The first-order chi connectivity index (χ1) is 11.1. The maximum Gasteiger partial charge on any atom is 0.261 e. The van der Waals surface area contributed by atoms with E-state index in [1.165, 1.54) is 6.07 Å². The smallest absolute Gasteiger partial charge is 0.261 e. The number of aromatic nitrogens is 1. The zero-order valence-electron chi connectivity index (χ0n) is 12.8. The van der Waals surface area contributed by atoms with E-state index in [4.69, 9.17) is 0 Å². The fourth-order valence-corrected chi connectivity index (χ4v) is 3.69. The van der Waals surface area contributed by atoms with E-state index in [1.54, 1.807) is 11.3 Å². The van der Waals surface area contributed by atoms with Crippen LogP contribution in [0.25, 0.3) is 0 Å². The molecule has 0 fully saturated rings. The number of fused-ring (bicyclic) bond motifs is 1. The summed E-state index contributed by atoms with van der Waals surface area (Å²) in [6, 6.07) is 5.42. The molecule has 23 heavy (non-hydrogen) atoms. The van der Waals surface area contributed by atoms with Crippen molar-refractivity contribution in [1.29, 1.82) is 0 Å². The summed E-state index contributed by atoms with van der Waals surface area (Å²) in [6.45, 7) is 2.44. The second-order valence-electron chi connectivity index (χ2n) is 5.70. The molecular weight excluding hydrogens is 312 g/mol. The number of carbonyl (C=O) groups excluding carboxylic acids is 2. The van der Waals surface area contributed by atoms with Gasteiger partial charge >= 0.3 is 0 Å². The van der Waals surface area contributed by atoms with Crippen molar-refractivity contribution in [2.24, 2.45) is 0 Å². The van der Waals surface area contributed by atoms with Gasteiger partial charge in [-0.25, -0.2) is 0 Å². The maximum atomic E-state index is 12.4. The van der Waals surface area contributed by atoms with Gasteiger partial charge in [0.15, 0.2) is 5.78 Å². The molecule has 0 saturated carbocycles. The van der Waals surface area contributed by atoms with Gasteiger partial charge in [-0.2, -0.15) is 0 Å². The summed E-state index contributed by atoms with van der Waals surface area (Å²) >= 11 is 1.62. The Morgan fingerprint density at radius 1 is 1.39 bits per heavy atom. The van der Waals surface area contributed by atoms with Crippen molar-refractivity contribution in [2.45, 2.75) is 32.1 Å². The normalized spacial score (nSPS) is 16.9. The predicted molar refractivity (Wildman–Crippen MR) is 89.4 cm³/mol. The molecule has 6 heteroatoms. The van der Waals surface area contributed by atoms with Gasteiger partial charge in [-0.15, -0.1) is 11.3 Å². The van der Waals surface area contributed by atoms with Gasteiger partial charge in [-0.05, 0) is 30.4 Å². The minimum Gasteiger partial charge on any atom is -0.352 e. The number of H-pyrrole nitrogens is 1. The topological polar surface area (TPSA) is 79.0 Å². The number of aromatic amines is 1. The number of nitrogens with one attached hydrogen (secondary N) is 2. The standard InChI is InChI=1S/C17H18N2O3S/c1-2-5-18-16(21)12-9-11-13(19-17(12)22)7-10(8-14(11)20)15-4-3-6-23-15/h3-4,6,9-10H,2,5,7-8H2,1H3,(H,18,21)(H,19,22)/t10-/m1/s1. The van der Waals surface area contributed by atoms with Gasteiger partial charge in [0.1, 0.15) is 5.56 Å². The van der Waals surface area contributed by atoms with E-state index in [-0.39, 0.29) is 17.3 Å². The molecule has 1 aliphatic carbocycles. The molecule has 0 bridgehead atoms. The summed E-state index contributed by atoms with van der Waals surface area (Å²) in [5, 5.41) is 4.66. The lowest BCUT2D eigenvalue weighted by atomic mass is 9.84. The first kappa shape index (κ1) is 15.7. The van der Waals surface area contributed by atoms with Crippen molar-refractivity contribution in [1.82, 2.24) is 10.3 Å². The molecule has 0 aromatic carbocycles. The number of ketones is 1. The highest BCUT2D eigenvalue weighted by atomic mass is 32.1. The summed E-state index contributed by atoms with van der Waals surface area (Å²) < 4.78 is 0. The zero-order chi connectivity index (χ0) is 16.4. The highest BCUT2D eigenvalue weighted by Crippen LogP contribution is 2.33. The molecule has 0 saturated heterocycles. The largest absolute Gasteiger partial charge is 0.352 e. The summed E-state index contributed by atoms with van der Waals surface area (Å²) in [5.74, 6) is -0.347. The molecule has 0 spiro atoms. The summed E-state index contributed by atoms with van der Waals surface area (Å²) in [6.07, 6.45) is 1.82. The molecule has 1 aliphatic rings. The van der Waals surface area contributed by atoms with Gasteiger partial charge < -0.3 is 10.3 Å². The Morgan fingerprint density at radius 2 is 2.22 bits per heavy atom. The average Bonchev–Trinajstić information content (AvgIpc) is 3.06. The lowest BCUT2D eigenvalue weighted by molar-refractivity contribution is 0.0952. The fourth-order valence-electron chi connectivity index (χ4n) is 2.86. The fraction of sp³-hybridized carbons (Fsp3) is 0.353. The van der Waals surface area contributed by atoms with E-state index >= 15 is 0 Å². The van der Waals surface area contributed by atoms with E-state index in [0.717, 1.165) is 11.3 Å². The lowest BCUT2D eigenvalue weighted by Gasteiger charge is -2.22. The van der Waals surface area contributed by atoms with E-state index in [1.807, 2.05) is 24.4 Å². The van der Waals surface area contributed by atoms with Gasteiger partial charge in [0.25, 0.3) is 11.5 Å². The van der Waals surface area contributed by atoms with Crippen molar-refractivity contribution in [3.63, 3.8) is 0 Å². The van der Waals surface area contributed by atoms with E-state index < -0.39 is 11.5 Å². The number of pyridine rings is 1. The van der Waals surface area contributed by atoms with Crippen molar-refractivity contribution in [3.05, 3.63) is 55.6 Å². The Hall–Kier alpha value is -2.21. The second-order valence-corrected chi connectivity index (χ2v) is 6.68. The lowest BCUT2D eigenvalue weighted by Crippen LogP contribution is -2.32. The van der Waals surface area contributed by atoms with Crippen LogP contribution in [0.15, 0.2) is 28.4 Å². The van der Waals surface area contributed by atoms with Crippen LogP contribution in [0, 0.1) is 0 Å². The molecule has 0 aliphatic heterocycles. The minimum absolute atomic E-state index is 0.0140. The van der Waals surface area contributed by atoms with Gasteiger partial charge in [0, 0.05) is 35.0 Å². The van der Waals surface area contributed by atoms with Gasteiger partial charge in [-0.1, -0.05) is 13.0 Å². The molecule has 2 aromatic rings. The number of amides is 1. The number of Topliss-reactive ketones (excluding diaryl/α,β-unsaturated/α-hetero) is 1. The maximum absolute atomic E-state index is 12.4. The van der Waals surface area contributed by atoms with Gasteiger partial charge in [-0.3, -0.25) is 14.4 Å². The third-order valence-corrected chi connectivity index (χ3v) is 5.07. The first-order valence-electron chi connectivity index (χ1n) is 7.71. The summed E-state index contributed by atoms with van der Waals surface area (Å²) in [5.41, 5.74) is 0.688. The SMILES string of the molecule is CCCNC(=O)c1cc2c([nH]c1=O)C[C@@H](c1cccs1)CC2=O. The molecule has 120 valence electrons. The Balaban J connectivity index is 1.92. The molecule has 2 heterocycles.